The largest absolute Gasteiger partial charge is 0.314 e. The summed E-state index contributed by atoms with van der Waals surface area (Å²) in [4.78, 5) is 6.84. The molecule has 2 heterocycles. The lowest BCUT2D eigenvalue weighted by Gasteiger charge is -2.26. The average Bonchev–Trinajstić information content (AvgIpc) is 2.19. The number of nitrogens with zero attached hydrogens (tertiary/aromatic N) is 2. The van der Waals surface area contributed by atoms with Crippen LogP contribution in [0.25, 0.3) is 0 Å². The first-order valence-electron chi connectivity index (χ1n) is 4.89. The molecule has 76 valence electrons. The lowest BCUT2D eigenvalue weighted by atomic mass is 10.3. The standard InChI is InChI=1S/C10H14BrN3/c11-10-3-1-2-9(13-10)8-14-6-4-12-5-7-14/h1-3,12H,4-8H2. The second-order valence-electron chi connectivity index (χ2n) is 3.48. The number of pyridine rings is 1. The molecule has 1 aliphatic rings. The van der Waals surface area contributed by atoms with Crippen LogP contribution < -0.4 is 5.32 Å². The van der Waals surface area contributed by atoms with Gasteiger partial charge in [-0.15, -0.1) is 0 Å². The summed E-state index contributed by atoms with van der Waals surface area (Å²) in [6, 6.07) is 6.07. The molecule has 1 fully saturated rings. The first kappa shape index (κ1) is 10.1. The monoisotopic (exact) mass is 255 g/mol. The van der Waals surface area contributed by atoms with Crippen LogP contribution in [0.15, 0.2) is 22.8 Å². The van der Waals surface area contributed by atoms with E-state index in [4.69, 9.17) is 0 Å². The Hall–Kier alpha value is -0.450. The molecular weight excluding hydrogens is 242 g/mol. The van der Waals surface area contributed by atoms with Crippen LogP contribution in [-0.4, -0.2) is 36.1 Å². The van der Waals surface area contributed by atoms with E-state index in [2.05, 4.69) is 37.2 Å². The summed E-state index contributed by atoms with van der Waals surface area (Å²) in [5, 5.41) is 3.34. The second-order valence-corrected chi connectivity index (χ2v) is 4.29. The molecule has 1 aromatic heterocycles. The number of nitrogens with one attached hydrogen (secondary N) is 1. The Bertz CT molecular complexity index is 297. The van der Waals surface area contributed by atoms with Gasteiger partial charge in [-0.2, -0.15) is 0 Å². The lowest BCUT2D eigenvalue weighted by Crippen LogP contribution is -2.43. The highest BCUT2D eigenvalue weighted by Crippen LogP contribution is 2.08. The number of rotatable bonds is 2. The summed E-state index contributed by atoms with van der Waals surface area (Å²) in [5.74, 6) is 0. The molecule has 0 atom stereocenters. The van der Waals surface area contributed by atoms with Gasteiger partial charge in [0, 0.05) is 32.7 Å². The van der Waals surface area contributed by atoms with Gasteiger partial charge in [0.15, 0.2) is 0 Å². The van der Waals surface area contributed by atoms with Gasteiger partial charge in [-0.3, -0.25) is 4.90 Å². The van der Waals surface area contributed by atoms with Gasteiger partial charge in [-0.05, 0) is 28.1 Å². The van der Waals surface area contributed by atoms with Gasteiger partial charge < -0.3 is 5.32 Å². The topological polar surface area (TPSA) is 28.2 Å². The molecule has 1 N–H and O–H groups in total. The first-order chi connectivity index (χ1) is 6.84. The number of aromatic nitrogens is 1. The molecule has 3 nitrogen and oxygen atoms in total. The zero-order chi connectivity index (χ0) is 9.80. The first-order valence-corrected chi connectivity index (χ1v) is 5.68. The summed E-state index contributed by atoms with van der Waals surface area (Å²) in [7, 11) is 0. The van der Waals surface area contributed by atoms with E-state index in [1.165, 1.54) is 0 Å². The smallest absolute Gasteiger partial charge is 0.106 e. The minimum atomic E-state index is 0.921. The third-order valence-corrected chi connectivity index (χ3v) is 2.81. The van der Waals surface area contributed by atoms with Gasteiger partial charge in [-0.1, -0.05) is 6.07 Å². The lowest BCUT2D eigenvalue weighted by molar-refractivity contribution is 0.230. The minimum Gasteiger partial charge on any atom is -0.314 e. The Morgan fingerprint density at radius 1 is 1.36 bits per heavy atom. The number of piperazine rings is 1. The maximum atomic E-state index is 4.42. The van der Waals surface area contributed by atoms with Crippen LogP contribution in [0, 0.1) is 0 Å². The van der Waals surface area contributed by atoms with Gasteiger partial charge in [0.1, 0.15) is 4.60 Å². The predicted molar refractivity (Wildman–Crippen MR) is 60.1 cm³/mol. The Morgan fingerprint density at radius 3 is 2.86 bits per heavy atom. The molecule has 14 heavy (non-hydrogen) atoms. The Balaban J connectivity index is 1.95. The van der Waals surface area contributed by atoms with Crippen LogP contribution in [0.2, 0.25) is 0 Å². The van der Waals surface area contributed by atoms with Crippen LogP contribution in [0.3, 0.4) is 0 Å². The van der Waals surface area contributed by atoms with E-state index in [0.717, 1.165) is 43.0 Å². The van der Waals surface area contributed by atoms with Gasteiger partial charge >= 0.3 is 0 Å². The zero-order valence-electron chi connectivity index (χ0n) is 8.04. The predicted octanol–water partition coefficient (Wildman–Crippen LogP) is 1.25. The van der Waals surface area contributed by atoms with Crippen LogP contribution in [0.5, 0.6) is 0 Å². The third-order valence-electron chi connectivity index (χ3n) is 2.37. The van der Waals surface area contributed by atoms with Crippen molar-refractivity contribution in [1.82, 2.24) is 15.2 Å². The molecule has 0 amide bonds. The number of hydrogen-bond acceptors (Lipinski definition) is 3. The minimum absolute atomic E-state index is 0.921. The quantitative estimate of drug-likeness (QED) is 0.807. The van der Waals surface area contributed by atoms with Crippen LogP contribution >= 0.6 is 15.9 Å². The average molecular weight is 256 g/mol. The van der Waals surface area contributed by atoms with Crippen LogP contribution in [0.1, 0.15) is 5.69 Å². The fraction of sp³-hybridized carbons (Fsp3) is 0.500. The number of halogens is 1. The molecular formula is C10H14BrN3. The maximum absolute atomic E-state index is 4.42. The van der Waals surface area contributed by atoms with Crippen molar-refractivity contribution in [2.45, 2.75) is 6.54 Å². The summed E-state index contributed by atoms with van der Waals surface area (Å²) >= 11 is 3.38. The van der Waals surface area contributed by atoms with Crippen molar-refractivity contribution in [1.29, 1.82) is 0 Å². The van der Waals surface area contributed by atoms with Gasteiger partial charge in [0.2, 0.25) is 0 Å². The van der Waals surface area contributed by atoms with E-state index >= 15 is 0 Å². The molecule has 1 aromatic rings. The molecule has 0 aromatic carbocycles. The number of hydrogen-bond donors (Lipinski definition) is 1. The van der Waals surface area contributed by atoms with Crippen molar-refractivity contribution >= 4 is 15.9 Å². The molecule has 0 unspecified atom stereocenters. The molecule has 1 saturated heterocycles. The summed E-state index contributed by atoms with van der Waals surface area (Å²) in [6.45, 7) is 5.38. The van der Waals surface area contributed by atoms with Crippen molar-refractivity contribution in [3.8, 4) is 0 Å². The van der Waals surface area contributed by atoms with Crippen LogP contribution in [-0.2, 0) is 6.54 Å². The second kappa shape index (κ2) is 4.87. The summed E-state index contributed by atoms with van der Waals surface area (Å²) in [6.07, 6.45) is 0. The van der Waals surface area contributed by atoms with E-state index in [1.54, 1.807) is 0 Å². The molecule has 4 heteroatoms. The molecule has 0 saturated carbocycles. The highest BCUT2D eigenvalue weighted by Gasteiger charge is 2.10. The molecule has 0 spiro atoms. The Morgan fingerprint density at radius 2 is 2.14 bits per heavy atom. The van der Waals surface area contributed by atoms with E-state index in [0.29, 0.717) is 0 Å². The van der Waals surface area contributed by atoms with Gasteiger partial charge in [0.25, 0.3) is 0 Å². The fourth-order valence-corrected chi connectivity index (χ4v) is 2.02. The maximum Gasteiger partial charge on any atom is 0.106 e. The molecule has 2 rings (SSSR count). The molecule has 0 bridgehead atoms. The van der Waals surface area contributed by atoms with E-state index in [1.807, 2.05) is 12.1 Å². The Kier molecular flexibility index (Phi) is 3.50. The van der Waals surface area contributed by atoms with Crippen molar-refractivity contribution < 1.29 is 0 Å². The van der Waals surface area contributed by atoms with Crippen molar-refractivity contribution in [2.24, 2.45) is 0 Å². The molecule has 1 aliphatic heterocycles. The van der Waals surface area contributed by atoms with E-state index in [-0.39, 0.29) is 0 Å². The summed E-state index contributed by atoms with van der Waals surface area (Å²) < 4.78 is 0.921. The van der Waals surface area contributed by atoms with Crippen molar-refractivity contribution in [3.05, 3.63) is 28.5 Å². The van der Waals surface area contributed by atoms with Gasteiger partial charge in [0.05, 0.1) is 5.69 Å². The summed E-state index contributed by atoms with van der Waals surface area (Å²) in [5.41, 5.74) is 1.14. The highest BCUT2D eigenvalue weighted by molar-refractivity contribution is 9.10. The molecule has 0 aliphatic carbocycles. The van der Waals surface area contributed by atoms with Crippen molar-refractivity contribution in [2.75, 3.05) is 26.2 Å². The Labute approximate surface area is 92.6 Å². The normalized spacial score (nSPS) is 18.4. The van der Waals surface area contributed by atoms with E-state index in [9.17, 15) is 0 Å². The third kappa shape index (κ3) is 2.77. The van der Waals surface area contributed by atoms with Gasteiger partial charge in [-0.25, -0.2) is 4.98 Å². The fourth-order valence-electron chi connectivity index (χ4n) is 1.64. The zero-order valence-corrected chi connectivity index (χ0v) is 9.63. The van der Waals surface area contributed by atoms with Crippen molar-refractivity contribution in [3.63, 3.8) is 0 Å². The van der Waals surface area contributed by atoms with Crippen LogP contribution in [0.4, 0.5) is 0 Å². The SMILES string of the molecule is Brc1cccc(CN2CCNCC2)n1. The molecule has 0 radical (unpaired) electrons. The highest BCUT2D eigenvalue weighted by atomic mass is 79.9. The van der Waals surface area contributed by atoms with E-state index < -0.39 is 0 Å².